The van der Waals surface area contributed by atoms with E-state index in [1.165, 1.54) is 6.92 Å². The lowest BCUT2D eigenvalue weighted by Gasteiger charge is -2.13. The van der Waals surface area contributed by atoms with E-state index in [1.807, 2.05) is 0 Å². The molecule has 0 aromatic rings. The zero-order valence-corrected chi connectivity index (χ0v) is 8.72. The molecule has 0 bridgehead atoms. The summed E-state index contributed by atoms with van der Waals surface area (Å²) in [6.45, 7) is 5.05. The quantitative estimate of drug-likeness (QED) is 0.526. The standard InChI is InChI=1S/C10H15NO3/c1-4-6-7-9(11-8(3)12)10(13)14-5-2/h9H,5,7H2,1-3H3,(H,11,12)/t9-/m0/s1. The van der Waals surface area contributed by atoms with Crippen molar-refractivity contribution < 1.29 is 14.3 Å². The summed E-state index contributed by atoms with van der Waals surface area (Å²) in [5, 5.41) is 2.48. The highest BCUT2D eigenvalue weighted by Gasteiger charge is 2.18. The minimum atomic E-state index is -0.653. The molecule has 0 unspecified atom stereocenters. The Morgan fingerprint density at radius 2 is 2.14 bits per heavy atom. The SMILES string of the molecule is CC#CC[C@H](NC(C)=O)C(=O)OCC. The first-order valence-corrected chi connectivity index (χ1v) is 4.45. The van der Waals surface area contributed by atoms with E-state index in [2.05, 4.69) is 17.2 Å². The number of hydrogen-bond acceptors (Lipinski definition) is 3. The summed E-state index contributed by atoms with van der Waals surface area (Å²) in [4.78, 5) is 22.0. The van der Waals surface area contributed by atoms with E-state index in [9.17, 15) is 9.59 Å². The zero-order valence-electron chi connectivity index (χ0n) is 8.72. The van der Waals surface area contributed by atoms with Crippen molar-refractivity contribution in [1.29, 1.82) is 0 Å². The molecule has 0 radical (unpaired) electrons. The molecule has 4 nitrogen and oxygen atoms in total. The second-order valence-corrected chi connectivity index (χ2v) is 2.64. The van der Waals surface area contributed by atoms with Gasteiger partial charge in [-0.05, 0) is 13.8 Å². The number of nitrogens with one attached hydrogen (secondary N) is 1. The Kier molecular flexibility index (Phi) is 6.21. The third-order valence-corrected chi connectivity index (χ3v) is 1.43. The van der Waals surface area contributed by atoms with Gasteiger partial charge < -0.3 is 10.1 Å². The fourth-order valence-electron chi connectivity index (χ4n) is 0.886. The average Bonchev–Trinajstić information content (AvgIpc) is 2.12. The average molecular weight is 197 g/mol. The van der Waals surface area contributed by atoms with Crippen LogP contribution in [-0.4, -0.2) is 24.5 Å². The summed E-state index contributed by atoms with van der Waals surface area (Å²) in [6.07, 6.45) is 0.287. The zero-order chi connectivity index (χ0) is 11.0. The van der Waals surface area contributed by atoms with Gasteiger partial charge in [0.25, 0.3) is 0 Å². The van der Waals surface area contributed by atoms with Crippen molar-refractivity contribution in [2.45, 2.75) is 33.2 Å². The molecule has 1 amide bonds. The van der Waals surface area contributed by atoms with Crippen molar-refractivity contribution in [1.82, 2.24) is 5.32 Å². The predicted molar refractivity (Wildman–Crippen MR) is 52.3 cm³/mol. The van der Waals surface area contributed by atoms with Gasteiger partial charge in [0.1, 0.15) is 6.04 Å². The van der Waals surface area contributed by atoms with E-state index in [0.717, 1.165) is 0 Å². The summed E-state index contributed by atoms with van der Waals surface area (Å²) in [5.41, 5.74) is 0. The highest BCUT2D eigenvalue weighted by atomic mass is 16.5. The summed E-state index contributed by atoms with van der Waals surface area (Å²) in [5.74, 6) is 4.68. The molecule has 1 atom stereocenters. The van der Waals surface area contributed by atoms with E-state index in [1.54, 1.807) is 13.8 Å². The molecule has 78 valence electrons. The molecule has 0 aliphatic carbocycles. The highest BCUT2D eigenvalue weighted by Crippen LogP contribution is 1.95. The number of carbonyl (C=O) groups excluding carboxylic acids is 2. The second kappa shape index (κ2) is 6.96. The van der Waals surface area contributed by atoms with Gasteiger partial charge in [-0.15, -0.1) is 11.8 Å². The molecule has 0 heterocycles. The molecule has 0 aliphatic heterocycles. The molecule has 0 saturated carbocycles. The van der Waals surface area contributed by atoms with Crippen molar-refractivity contribution in [2.24, 2.45) is 0 Å². The third-order valence-electron chi connectivity index (χ3n) is 1.43. The van der Waals surface area contributed by atoms with E-state index in [0.29, 0.717) is 6.61 Å². The van der Waals surface area contributed by atoms with Crippen molar-refractivity contribution in [2.75, 3.05) is 6.61 Å². The van der Waals surface area contributed by atoms with Gasteiger partial charge in [-0.25, -0.2) is 4.79 Å². The van der Waals surface area contributed by atoms with Gasteiger partial charge in [0, 0.05) is 13.3 Å². The molecule has 0 fully saturated rings. The molecular formula is C10H15NO3. The molecule has 1 N–H and O–H groups in total. The molecule has 14 heavy (non-hydrogen) atoms. The van der Waals surface area contributed by atoms with E-state index in [4.69, 9.17) is 4.74 Å². The summed E-state index contributed by atoms with van der Waals surface area (Å²) < 4.78 is 4.78. The lowest BCUT2D eigenvalue weighted by atomic mass is 10.2. The van der Waals surface area contributed by atoms with Gasteiger partial charge in [0.15, 0.2) is 0 Å². The molecular weight excluding hydrogens is 182 g/mol. The largest absolute Gasteiger partial charge is 0.464 e. The Morgan fingerprint density at radius 3 is 2.57 bits per heavy atom. The van der Waals surface area contributed by atoms with Gasteiger partial charge in [0.05, 0.1) is 6.61 Å². The lowest BCUT2D eigenvalue weighted by molar-refractivity contribution is -0.147. The van der Waals surface area contributed by atoms with Crippen LogP contribution < -0.4 is 5.32 Å². The highest BCUT2D eigenvalue weighted by molar-refractivity contribution is 5.83. The van der Waals surface area contributed by atoms with Crippen LogP contribution in [0.4, 0.5) is 0 Å². The van der Waals surface area contributed by atoms with Crippen LogP contribution in [0, 0.1) is 11.8 Å². The Morgan fingerprint density at radius 1 is 1.50 bits per heavy atom. The van der Waals surface area contributed by atoms with Crippen LogP contribution in [0.5, 0.6) is 0 Å². The first kappa shape index (κ1) is 12.5. The predicted octanol–water partition coefficient (Wildman–Crippen LogP) is 0.468. The van der Waals surface area contributed by atoms with Crippen LogP contribution in [0.15, 0.2) is 0 Å². The minimum Gasteiger partial charge on any atom is -0.464 e. The van der Waals surface area contributed by atoms with Crippen molar-refractivity contribution >= 4 is 11.9 Å². The second-order valence-electron chi connectivity index (χ2n) is 2.64. The first-order valence-electron chi connectivity index (χ1n) is 4.45. The number of amides is 1. The topological polar surface area (TPSA) is 55.4 Å². The Balaban J connectivity index is 4.26. The van der Waals surface area contributed by atoms with Gasteiger partial charge in [-0.3, -0.25) is 4.79 Å². The molecule has 0 saturated heterocycles. The van der Waals surface area contributed by atoms with Gasteiger partial charge in [-0.2, -0.15) is 0 Å². The van der Waals surface area contributed by atoms with Gasteiger partial charge >= 0.3 is 5.97 Å². The smallest absolute Gasteiger partial charge is 0.329 e. The van der Waals surface area contributed by atoms with Crippen LogP contribution in [-0.2, 0) is 14.3 Å². The Bertz CT molecular complexity index is 262. The Hall–Kier alpha value is -1.50. The van der Waals surface area contributed by atoms with Crippen LogP contribution in [0.25, 0.3) is 0 Å². The molecule has 0 rings (SSSR count). The maximum Gasteiger partial charge on any atom is 0.329 e. The monoisotopic (exact) mass is 197 g/mol. The van der Waals surface area contributed by atoms with Gasteiger partial charge in [-0.1, -0.05) is 0 Å². The maximum atomic E-state index is 11.3. The fraction of sp³-hybridized carbons (Fsp3) is 0.600. The number of rotatable bonds is 4. The van der Waals surface area contributed by atoms with Crippen molar-refractivity contribution in [3.05, 3.63) is 0 Å². The number of carbonyl (C=O) groups is 2. The van der Waals surface area contributed by atoms with Crippen LogP contribution in [0.1, 0.15) is 27.2 Å². The molecule has 0 aromatic carbocycles. The first-order chi connectivity index (χ1) is 6.61. The summed E-state index contributed by atoms with van der Waals surface area (Å²) >= 11 is 0. The number of hydrogen-bond donors (Lipinski definition) is 1. The van der Waals surface area contributed by atoms with Crippen LogP contribution in [0.2, 0.25) is 0 Å². The normalized spacial score (nSPS) is 10.8. The van der Waals surface area contributed by atoms with Gasteiger partial charge in [0.2, 0.25) is 5.91 Å². The van der Waals surface area contributed by atoms with Crippen LogP contribution >= 0.6 is 0 Å². The van der Waals surface area contributed by atoms with Crippen molar-refractivity contribution in [3.63, 3.8) is 0 Å². The van der Waals surface area contributed by atoms with Crippen molar-refractivity contribution in [3.8, 4) is 11.8 Å². The third kappa shape index (κ3) is 5.20. The molecule has 0 aliphatic rings. The van der Waals surface area contributed by atoms with E-state index < -0.39 is 12.0 Å². The van der Waals surface area contributed by atoms with E-state index >= 15 is 0 Å². The number of esters is 1. The van der Waals surface area contributed by atoms with E-state index in [-0.39, 0.29) is 12.3 Å². The minimum absolute atomic E-state index is 0.263. The summed E-state index contributed by atoms with van der Waals surface area (Å²) in [7, 11) is 0. The van der Waals surface area contributed by atoms with Crippen LogP contribution in [0.3, 0.4) is 0 Å². The molecule has 0 spiro atoms. The Labute approximate surface area is 84.0 Å². The lowest BCUT2D eigenvalue weighted by Crippen LogP contribution is -2.40. The summed E-state index contributed by atoms with van der Waals surface area (Å²) in [6, 6.07) is -0.653. The molecule has 4 heteroatoms. The molecule has 0 aromatic heterocycles. The fourth-order valence-corrected chi connectivity index (χ4v) is 0.886. The maximum absolute atomic E-state index is 11.3. The number of ether oxygens (including phenoxy) is 1.